The van der Waals surface area contributed by atoms with Gasteiger partial charge in [0, 0.05) is 12.2 Å². The molecule has 2 N–H and O–H groups in total. The average Bonchev–Trinajstić information content (AvgIpc) is 2.47. The van der Waals surface area contributed by atoms with Crippen molar-refractivity contribution in [2.45, 2.75) is 6.42 Å². The second-order valence-corrected chi connectivity index (χ2v) is 5.06. The van der Waals surface area contributed by atoms with Crippen LogP contribution in [0.1, 0.15) is 5.56 Å². The molecule has 14 heavy (non-hydrogen) atoms. The summed E-state index contributed by atoms with van der Waals surface area (Å²) in [4.78, 5) is 19.5. The molecule has 0 atom stereocenters. The van der Waals surface area contributed by atoms with Crippen LogP contribution >= 0.6 is 7.60 Å². The Labute approximate surface area is 82.3 Å². The van der Waals surface area contributed by atoms with E-state index in [-0.39, 0.29) is 6.29 Å². The van der Waals surface area contributed by atoms with Crippen LogP contribution in [-0.4, -0.2) is 22.6 Å². The van der Waals surface area contributed by atoms with Gasteiger partial charge in [-0.25, -0.2) is 0 Å². The summed E-state index contributed by atoms with van der Waals surface area (Å²) in [6.45, 7) is 0.699. The number of anilines is 1. The minimum atomic E-state index is -3.94. The second kappa shape index (κ2) is 3.39. The lowest BCUT2D eigenvalue weighted by atomic mass is 10.2. The van der Waals surface area contributed by atoms with E-state index < -0.39 is 7.60 Å². The summed E-state index contributed by atoms with van der Waals surface area (Å²) >= 11 is 0. The van der Waals surface area contributed by atoms with E-state index in [1.165, 1.54) is 5.56 Å². The van der Waals surface area contributed by atoms with Gasteiger partial charge in [0.25, 0.3) is 0 Å². The molecule has 0 fully saturated rings. The number of rotatable bonds is 2. The Hall–Kier alpha value is -0.830. The molecule has 0 saturated heterocycles. The van der Waals surface area contributed by atoms with E-state index in [0.717, 1.165) is 12.1 Å². The molecular weight excluding hydrogens is 201 g/mol. The SMILES string of the molecule is O=P(O)(O)CN1CCc2ccccc21. The van der Waals surface area contributed by atoms with E-state index in [2.05, 4.69) is 0 Å². The lowest BCUT2D eigenvalue weighted by Crippen LogP contribution is -2.21. The molecule has 0 saturated carbocycles. The zero-order valence-electron chi connectivity index (χ0n) is 7.63. The predicted octanol–water partition coefficient (Wildman–Crippen LogP) is 1.18. The highest BCUT2D eigenvalue weighted by Crippen LogP contribution is 2.39. The van der Waals surface area contributed by atoms with Crippen molar-refractivity contribution < 1.29 is 14.4 Å². The maximum atomic E-state index is 10.8. The van der Waals surface area contributed by atoms with Gasteiger partial charge in [-0.15, -0.1) is 0 Å². The molecule has 0 aromatic heterocycles. The fourth-order valence-electron chi connectivity index (χ4n) is 1.78. The molecule has 1 aromatic carbocycles. The Morgan fingerprint density at radius 2 is 2.07 bits per heavy atom. The van der Waals surface area contributed by atoms with Crippen molar-refractivity contribution in [1.82, 2.24) is 0 Å². The van der Waals surface area contributed by atoms with Crippen molar-refractivity contribution in [3.05, 3.63) is 29.8 Å². The molecule has 1 aliphatic rings. The highest BCUT2D eigenvalue weighted by atomic mass is 31.2. The van der Waals surface area contributed by atoms with Crippen LogP contribution in [0.5, 0.6) is 0 Å². The number of nitrogens with zero attached hydrogens (tertiary/aromatic N) is 1. The molecular formula is C9H12NO3P. The van der Waals surface area contributed by atoms with E-state index in [9.17, 15) is 4.57 Å². The van der Waals surface area contributed by atoms with Crippen LogP contribution in [0.25, 0.3) is 0 Å². The van der Waals surface area contributed by atoms with Crippen molar-refractivity contribution in [2.24, 2.45) is 0 Å². The van der Waals surface area contributed by atoms with Gasteiger partial charge in [0.05, 0.1) is 0 Å². The molecule has 76 valence electrons. The van der Waals surface area contributed by atoms with E-state index in [1.54, 1.807) is 4.90 Å². The third-order valence-corrected chi connectivity index (χ3v) is 3.05. The lowest BCUT2D eigenvalue weighted by molar-refractivity contribution is 0.372. The first-order chi connectivity index (χ1) is 6.56. The smallest absolute Gasteiger partial charge is 0.344 e. The quantitative estimate of drug-likeness (QED) is 0.724. The highest BCUT2D eigenvalue weighted by Gasteiger charge is 2.24. The first kappa shape index (κ1) is 9.71. The molecule has 4 nitrogen and oxygen atoms in total. The van der Waals surface area contributed by atoms with E-state index in [4.69, 9.17) is 9.79 Å². The second-order valence-electron chi connectivity index (χ2n) is 3.45. The molecule has 1 aromatic rings. The van der Waals surface area contributed by atoms with Gasteiger partial charge >= 0.3 is 7.60 Å². The van der Waals surface area contributed by atoms with Crippen molar-refractivity contribution in [3.63, 3.8) is 0 Å². The molecule has 0 radical (unpaired) electrons. The first-order valence-electron chi connectivity index (χ1n) is 4.44. The van der Waals surface area contributed by atoms with Crippen LogP contribution in [0.2, 0.25) is 0 Å². The van der Waals surface area contributed by atoms with E-state index in [1.807, 2.05) is 24.3 Å². The molecule has 5 heteroatoms. The zero-order valence-corrected chi connectivity index (χ0v) is 8.52. The number of hydrogen-bond donors (Lipinski definition) is 2. The molecule has 0 bridgehead atoms. The van der Waals surface area contributed by atoms with Crippen molar-refractivity contribution in [3.8, 4) is 0 Å². The van der Waals surface area contributed by atoms with Gasteiger partial charge in [0.2, 0.25) is 0 Å². The topological polar surface area (TPSA) is 60.8 Å². The van der Waals surface area contributed by atoms with Crippen molar-refractivity contribution in [1.29, 1.82) is 0 Å². The third-order valence-electron chi connectivity index (χ3n) is 2.34. The van der Waals surface area contributed by atoms with E-state index in [0.29, 0.717) is 6.54 Å². The standard InChI is InChI=1S/C9H12NO3P/c11-14(12,13)7-10-6-5-8-3-1-2-4-9(8)10/h1-4H,5-7H2,(H2,11,12,13). The van der Waals surface area contributed by atoms with Crippen molar-refractivity contribution >= 4 is 13.3 Å². The molecule has 0 amide bonds. The van der Waals surface area contributed by atoms with Gasteiger partial charge in [-0.3, -0.25) is 4.57 Å². The lowest BCUT2D eigenvalue weighted by Gasteiger charge is -2.19. The van der Waals surface area contributed by atoms with Gasteiger partial charge < -0.3 is 14.7 Å². The number of benzene rings is 1. The fourth-order valence-corrected chi connectivity index (χ4v) is 2.51. The largest absolute Gasteiger partial charge is 0.359 e. The molecule has 2 rings (SSSR count). The minimum absolute atomic E-state index is 0.177. The van der Waals surface area contributed by atoms with Crippen LogP contribution < -0.4 is 4.90 Å². The number of para-hydroxylation sites is 1. The van der Waals surface area contributed by atoms with Crippen molar-refractivity contribution in [2.75, 3.05) is 17.7 Å². The summed E-state index contributed by atoms with van der Waals surface area (Å²) in [6, 6.07) is 7.73. The molecule has 0 spiro atoms. The Balaban J connectivity index is 2.23. The molecule has 0 unspecified atom stereocenters. The van der Waals surface area contributed by atoms with Crippen LogP contribution in [-0.2, 0) is 11.0 Å². The summed E-state index contributed by atoms with van der Waals surface area (Å²) in [5.41, 5.74) is 2.12. The first-order valence-corrected chi connectivity index (χ1v) is 6.23. The van der Waals surface area contributed by atoms with Crippen LogP contribution in [0, 0.1) is 0 Å². The van der Waals surface area contributed by atoms with Crippen LogP contribution in [0.4, 0.5) is 5.69 Å². The maximum Gasteiger partial charge on any atom is 0.344 e. The Morgan fingerprint density at radius 3 is 2.79 bits per heavy atom. The Bertz CT molecular complexity index is 387. The van der Waals surface area contributed by atoms with Gasteiger partial charge in [-0.2, -0.15) is 0 Å². The van der Waals surface area contributed by atoms with E-state index >= 15 is 0 Å². The minimum Gasteiger partial charge on any atom is -0.359 e. The number of hydrogen-bond acceptors (Lipinski definition) is 2. The summed E-state index contributed by atoms with van der Waals surface area (Å²) in [6.07, 6.45) is 0.695. The van der Waals surface area contributed by atoms with Gasteiger partial charge in [-0.05, 0) is 18.1 Å². The monoisotopic (exact) mass is 213 g/mol. The Morgan fingerprint density at radius 1 is 1.36 bits per heavy atom. The maximum absolute atomic E-state index is 10.8. The average molecular weight is 213 g/mol. The predicted molar refractivity (Wildman–Crippen MR) is 54.4 cm³/mol. The van der Waals surface area contributed by atoms with Gasteiger partial charge in [0.15, 0.2) is 0 Å². The summed E-state index contributed by atoms with van der Waals surface area (Å²) in [5, 5.41) is 0. The normalized spacial score (nSPS) is 15.7. The highest BCUT2D eigenvalue weighted by molar-refractivity contribution is 7.51. The summed E-state index contributed by atoms with van der Waals surface area (Å²) in [7, 11) is -3.94. The summed E-state index contributed by atoms with van der Waals surface area (Å²) in [5.74, 6) is 0. The van der Waals surface area contributed by atoms with Gasteiger partial charge in [-0.1, -0.05) is 18.2 Å². The molecule has 1 heterocycles. The Kier molecular flexibility index (Phi) is 2.35. The fraction of sp³-hybridized carbons (Fsp3) is 0.333. The van der Waals surface area contributed by atoms with Gasteiger partial charge in [0.1, 0.15) is 6.29 Å². The number of fused-ring (bicyclic) bond motifs is 1. The molecule has 0 aliphatic carbocycles. The molecule has 1 aliphatic heterocycles. The third kappa shape index (κ3) is 1.98. The van der Waals surface area contributed by atoms with Crippen LogP contribution in [0.15, 0.2) is 24.3 Å². The zero-order chi connectivity index (χ0) is 10.2. The summed E-state index contributed by atoms with van der Waals surface area (Å²) < 4.78 is 10.8. The van der Waals surface area contributed by atoms with Crippen LogP contribution in [0.3, 0.4) is 0 Å².